The Labute approximate surface area is 130 Å². The molecule has 0 radical (unpaired) electrons. The first-order valence-corrected chi connectivity index (χ1v) is 8.41. The fourth-order valence-electron chi connectivity index (χ4n) is 2.05. The van der Waals surface area contributed by atoms with E-state index in [0.717, 1.165) is 11.1 Å². The summed E-state index contributed by atoms with van der Waals surface area (Å²) >= 11 is 0. The molecule has 0 aromatic heterocycles. The Morgan fingerprint density at radius 3 is 2.36 bits per heavy atom. The van der Waals surface area contributed by atoms with Crippen LogP contribution in [0.15, 0.2) is 48.5 Å². The molecule has 0 aliphatic carbocycles. The first-order chi connectivity index (χ1) is 10.5. The summed E-state index contributed by atoms with van der Waals surface area (Å²) in [6.07, 6.45) is 0. The molecule has 0 aliphatic rings. The molecular weight excluding hydrogens is 302 g/mol. The van der Waals surface area contributed by atoms with Crippen molar-refractivity contribution in [1.29, 1.82) is 0 Å². The molecule has 2 aromatic rings. The molecule has 0 unspecified atom stereocenters. The molecule has 6 heteroatoms. The summed E-state index contributed by atoms with van der Waals surface area (Å²) in [5.41, 5.74) is 1.46. The van der Waals surface area contributed by atoms with Crippen LogP contribution in [0.4, 0.5) is 0 Å². The molecule has 0 aliphatic heterocycles. The van der Waals surface area contributed by atoms with Crippen LogP contribution in [0.1, 0.15) is 11.1 Å². The van der Waals surface area contributed by atoms with Crippen molar-refractivity contribution in [1.82, 2.24) is 4.72 Å². The number of nitrogens with one attached hydrogen (secondary N) is 1. The third kappa shape index (κ3) is 4.47. The molecular formula is C16H19NO4S. The van der Waals surface area contributed by atoms with Gasteiger partial charge in [0.25, 0.3) is 0 Å². The van der Waals surface area contributed by atoms with Crippen LogP contribution in [0.2, 0.25) is 0 Å². The minimum absolute atomic E-state index is 0.0554. The molecule has 0 saturated carbocycles. The summed E-state index contributed by atoms with van der Waals surface area (Å²) in [6, 6.07) is 14.3. The van der Waals surface area contributed by atoms with Crippen LogP contribution in [0.3, 0.4) is 0 Å². The zero-order valence-corrected chi connectivity index (χ0v) is 13.4. The van der Waals surface area contributed by atoms with E-state index in [4.69, 9.17) is 9.47 Å². The lowest BCUT2D eigenvalue weighted by Crippen LogP contribution is -2.25. The Kier molecular flexibility index (Phi) is 5.41. The second kappa shape index (κ2) is 7.29. The van der Waals surface area contributed by atoms with Crippen LogP contribution in [0, 0.1) is 0 Å². The van der Waals surface area contributed by atoms with Crippen LogP contribution in [-0.2, 0) is 22.3 Å². The second-order valence-electron chi connectivity index (χ2n) is 4.74. The summed E-state index contributed by atoms with van der Waals surface area (Å²) in [5.74, 6) is 1.21. The van der Waals surface area contributed by atoms with Crippen molar-refractivity contribution < 1.29 is 17.9 Å². The quantitative estimate of drug-likeness (QED) is 0.850. The summed E-state index contributed by atoms with van der Waals surface area (Å²) in [5, 5.41) is 0. The molecule has 2 aromatic carbocycles. The Hall–Kier alpha value is -2.05. The Bertz CT molecular complexity index is 714. The zero-order chi connectivity index (χ0) is 16.0. The highest BCUT2D eigenvalue weighted by Gasteiger charge is 2.13. The van der Waals surface area contributed by atoms with Gasteiger partial charge >= 0.3 is 0 Å². The Morgan fingerprint density at radius 2 is 1.73 bits per heavy atom. The number of hydrogen-bond donors (Lipinski definition) is 1. The van der Waals surface area contributed by atoms with Gasteiger partial charge in [0, 0.05) is 12.1 Å². The maximum atomic E-state index is 12.1. The monoisotopic (exact) mass is 321 g/mol. The van der Waals surface area contributed by atoms with Gasteiger partial charge < -0.3 is 9.47 Å². The molecule has 0 heterocycles. The highest BCUT2D eigenvalue weighted by Crippen LogP contribution is 2.24. The maximum Gasteiger partial charge on any atom is 0.216 e. The van der Waals surface area contributed by atoms with Crippen molar-refractivity contribution in [2.45, 2.75) is 12.3 Å². The summed E-state index contributed by atoms with van der Waals surface area (Å²) < 4.78 is 37.3. The molecule has 118 valence electrons. The number of hydrogen-bond acceptors (Lipinski definition) is 4. The minimum atomic E-state index is -3.42. The summed E-state index contributed by atoms with van der Waals surface area (Å²) in [6.45, 7) is 0.148. The van der Waals surface area contributed by atoms with Crippen molar-refractivity contribution in [2.24, 2.45) is 0 Å². The molecule has 0 bridgehead atoms. The van der Waals surface area contributed by atoms with Crippen molar-refractivity contribution >= 4 is 10.0 Å². The lowest BCUT2D eigenvalue weighted by molar-refractivity contribution is 0.398. The van der Waals surface area contributed by atoms with Gasteiger partial charge in [0.1, 0.15) is 11.5 Å². The van der Waals surface area contributed by atoms with Gasteiger partial charge in [0.2, 0.25) is 10.0 Å². The predicted molar refractivity (Wildman–Crippen MR) is 85.5 cm³/mol. The van der Waals surface area contributed by atoms with E-state index in [1.54, 1.807) is 44.6 Å². The van der Waals surface area contributed by atoms with Gasteiger partial charge in [-0.3, -0.25) is 0 Å². The molecule has 0 spiro atoms. The number of rotatable bonds is 7. The number of ether oxygens (including phenoxy) is 2. The summed E-state index contributed by atoms with van der Waals surface area (Å²) in [4.78, 5) is 0. The molecule has 5 nitrogen and oxygen atoms in total. The van der Waals surface area contributed by atoms with Crippen LogP contribution in [-0.4, -0.2) is 22.6 Å². The minimum Gasteiger partial charge on any atom is -0.497 e. The molecule has 0 amide bonds. The average molecular weight is 321 g/mol. The van der Waals surface area contributed by atoms with E-state index in [1.165, 1.54) is 0 Å². The van der Waals surface area contributed by atoms with Crippen LogP contribution in [0.25, 0.3) is 0 Å². The molecule has 0 fully saturated rings. The second-order valence-corrected chi connectivity index (χ2v) is 6.55. The van der Waals surface area contributed by atoms with Gasteiger partial charge in [0.05, 0.1) is 20.0 Å². The van der Waals surface area contributed by atoms with E-state index in [9.17, 15) is 8.42 Å². The van der Waals surface area contributed by atoms with Crippen LogP contribution in [0.5, 0.6) is 11.5 Å². The standard InChI is InChI=1S/C16H19NO4S/c1-20-15-8-9-16(21-2)14(10-15)11-17-22(18,19)12-13-6-4-3-5-7-13/h3-10,17H,11-12H2,1-2H3. The number of benzene rings is 2. The van der Waals surface area contributed by atoms with E-state index >= 15 is 0 Å². The fourth-order valence-corrected chi connectivity index (χ4v) is 3.16. The van der Waals surface area contributed by atoms with E-state index < -0.39 is 10.0 Å². The van der Waals surface area contributed by atoms with Crippen LogP contribution < -0.4 is 14.2 Å². The van der Waals surface area contributed by atoms with Gasteiger partial charge in [-0.15, -0.1) is 0 Å². The van der Waals surface area contributed by atoms with Crippen molar-refractivity contribution in [3.05, 3.63) is 59.7 Å². The molecule has 0 atom stereocenters. The molecule has 22 heavy (non-hydrogen) atoms. The Balaban J connectivity index is 2.08. The van der Waals surface area contributed by atoms with Gasteiger partial charge in [0.15, 0.2) is 0 Å². The van der Waals surface area contributed by atoms with Gasteiger partial charge in [-0.05, 0) is 23.8 Å². The fraction of sp³-hybridized carbons (Fsp3) is 0.250. The lowest BCUT2D eigenvalue weighted by atomic mass is 10.2. The molecule has 0 saturated heterocycles. The first kappa shape index (κ1) is 16.3. The third-order valence-corrected chi connectivity index (χ3v) is 4.47. The first-order valence-electron chi connectivity index (χ1n) is 6.76. The van der Waals surface area contributed by atoms with Crippen molar-refractivity contribution in [3.8, 4) is 11.5 Å². The van der Waals surface area contributed by atoms with E-state index in [-0.39, 0.29) is 12.3 Å². The van der Waals surface area contributed by atoms with Gasteiger partial charge in [-0.25, -0.2) is 13.1 Å². The third-order valence-electron chi connectivity index (χ3n) is 3.17. The van der Waals surface area contributed by atoms with E-state index in [1.807, 2.05) is 18.2 Å². The van der Waals surface area contributed by atoms with Gasteiger partial charge in [-0.2, -0.15) is 0 Å². The van der Waals surface area contributed by atoms with E-state index in [2.05, 4.69) is 4.72 Å². The SMILES string of the molecule is COc1ccc(OC)c(CNS(=O)(=O)Cc2ccccc2)c1. The van der Waals surface area contributed by atoms with Crippen molar-refractivity contribution in [2.75, 3.05) is 14.2 Å². The number of methoxy groups -OCH3 is 2. The predicted octanol–water partition coefficient (Wildman–Crippen LogP) is 2.32. The summed E-state index contributed by atoms with van der Waals surface area (Å²) in [7, 11) is -0.318. The zero-order valence-electron chi connectivity index (χ0n) is 12.6. The Morgan fingerprint density at radius 1 is 1.00 bits per heavy atom. The molecule has 1 N–H and O–H groups in total. The maximum absolute atomic E-state index is 12.1. The normalized spacial score (nSPS) is 11.2. The smallest absolute Gasteiger partial charge is 0.216 e. The van der Waals surface area contributed by atoms with Crippen LogP contribution >= 0.6 is 0 Å². The molecule has 2 rings (SSSR count). The highest BCUT2D eigenvalue weighted by atomic mass is 32.2. The average Bonchev–Trinajstić information content (AvgIpc) is 2.53. The highest BCUT2D eigenvalue weighted by molar-refractivity contribution is 7.88. The van der Waals surface area contributed by atoms with Gasteiger partial charge in [-0.1, -0.05) is 30.3 Å². The van der Waals surface area contributed by atoms with Crippen molar-refractivity contribution in [3.63, 3.8) is 0 Å². The lowest BCUT2D eigenvalue weighted by Gasteiger charge is -2.12. The van der Waals surface area contributed by atoms with E-state index in [0.29, 0.717) is 11.5 Å². The number of sulfonamides is 1. The topological polar surface area (TPSA) is 64.6 Å². The largest absolute Gasteiger partial charge is 0.497 e.